The van der Waals surface area contributed by atoms with Crippen molar-refractivity contribution in [2.45, 2.75) is 39.7 Å². The van der Waals surface area contributed by atoms with Crippen molar-refractivity contribution >= 4 is 5.71 Å². The predicted octanol–water partition coefficient (Wildman–Crippen LogP) is 2.43. The third kappa shape index (κ3) is 2.84. The standard InChI is InChI=1S/C15H28N3O/c1-6-17-9-7-8-13(17)11-18(4)15(19-5)10-14(16-18)12(2)3/h10,12-13H,6-9,11H2,1-5H3/q+1. The van der Waals surface area contributed by atoms with E-state index in [-0.39, 0.29) is 0 Å². The zero-order valence-electron chi connectivity index (χ0n) is 13.0. The van der Waals surface area contributed by atoms with Gasteiger partial charge in [0.2, 0.25) is 0 Å². The van der Waals surface area contributed by atoms with E-state index in [2.05, 4.69) is 38.8 Å². The fraction of sp³-hybridized carbons (Fsp3) is 0.800. The maximum absolute atomic E-state index is 5.59. The molecule has 0 radical (unpaired) electrons. The Labute approximate surface area is 117 Å². The summed E-state index contributed by atoms with van der Waals surface area (Å²) < 4.78 is 6.16. The van der Waals surface area contributed by atoms with Crippen LogP contribution in [0.3, 0.4) is 0 Å². The van der Waals surface area contributed by atoms with Gasteiger partial charge in [0.15, 0.2) is 0 Å². The summed E-state index contributed by atoms with van der Waals surface area (Å²) in [6.07, 6.45) is 4.71. The van der Waals surface area contributed by atoms with Crippen LogP contribution in [0.4, 0.5) is 0 Å². The highest BCUT2D eigenvalue weighted by Crippen LogP contribution is 2.29. The quantitative estimate of drug-likeness (QED) is 0.714. The molecule has 0 saturated carbocycles. The fourth-order valence-electron chi connectivity index (χ4n) is 3.20. The SMILES string of the molecule is CCN1CCCC1C[N+]1(C)N=C(C(C)C)C=C1OC. The molecule has 0 spiro atoms. The zero-order valence-corrected chi connectivity index (χ0v) is 13.0. The van der Waals surface area contributed by atoms with Crippen LogP contribution in [0.25, 0.3) is 0 Å². The molecule has 0 amide bonds. The van der Waals surface area contributed by atoms with E-state index in [1.165, 1.54) is 19.4 Å². The summed E-state index contributed by atoms with van der Waals surface area (Å²) in [7, 11) is 3.92. The number of hydrogen-bond donors (Lipinski definition) is 0. The average molecular weight is 266 g/mol. The van der Waals surface area contributed by atoms with Gasteiger partial charge in [-0.05, 0) is 25.9 Å². The number of methoxy groups -OCH3 is 1. The maximum atomic E-state index is 5.59. The molecule has 2 heterocycles. The molecule has 4 nitrogen and oxygen atoms in total. The third-order valence-electron chi connectivity index (χ3n) is 4.35. The number of hydrogen-bond acceptors (Lipinski definition) is 3. The Kier molecular flexibility index (Phi) is 4.31. The largest absolute Gasteiger partial charge is 0.453 e. The summed E-state index contributed by atoms with van der Waals surface area (Å²) in [6.45, 7) is 10.0. The van der Waals surface area contributed by atoms with Crippen LogP contribution in [-0.4, -0.2) is 55.0 Å². The molecule has 2 rings (SSSR count). The predicted molar refractivity (Wildman–Crippen MR) is 78.7 cm³/mol. The first-order chi connectivity index (χ1) is 9.00. The second kappa shape index (κ2) is 5.63. The lowest BCUT2D eigenvalue weighted by molar-refractivity contribution is -0.893. The molecule has 0 N–H and O–H groups in total. The van der Waals surface area contributed by atoms with Crippen molar-refractivity contribution in [1.29, 1.82) is 0 Å². The smallest absolute Gasteiger partial charge is 0.320 e. The highest BCUT2D eigenvalue weighted by molar-refractivity contribution is 5.97. The van der Waals surface area contributed by atoms with E-state index in [1.807, 2.05) is 0 Å². The Morgan fingerprint density at radius 1 is 1.53 bits per heavy atom. The zero-order chi connectivity index (χ0) is 14.0. The van der Waals surface area contributed by atoms with E-state index in [1.54, 1.807) is 7.11 Å². The van der Waals surface area contributed by atoms with Crippen molar-refractivity contribution in [3.8, 4) is 0 Å². The Bertz CT molecular complexity index is 389. The first-order valence-corrected chi connectivity index (χ1v) is 7.46. The van der Waals surface area contributed by atoms with Crippen molar-refractivity contribution in [2.75, 3.05) is 33.8 Å². The number of allylic oxidation sites excluding steroid dienone is 1. The molecule has 2 unspecified atom stereocenters. The molecule has 0 aromatic rings. The Morgan fingerprint density at radius 2 is 2.26 bits per heavy atom. The van der Waals surface area contributed by atoms with Crippen molar-refractivity contribution < 1.29 is 9.33 Å². The number of rotatable bonds is 5. The van der Waals surface area contributed by atoms with Gasteiger partial charge in [0.05, 0.1) is 19.2 Å². The molecule has 1 fully saturated rings. The minimum Gasteiger partial charge on any atom is -0.453 e. The van der Waals surface area contributed by atoms with Gasteiger partial charge in [-0.25, -0.2) is 0 Å². The molecule has 2 aliphatic heterocycles. The van der Waals surface area contributed by atoms with Crippen LogP contribution in [-0.2, 0) is 4.74 Å². The Morgan fingerprint density at radius 3 is 2.84 bits per heavy atom. The molecule has 2 atom stereocenters. The summed E-state index contributed by atoms with van der Waals surface area (Å²) in [5, 5.41) is 4.91. The summed E-state index contributed by atoms with van der Waals surface area (Å²) >= 11 is 0. The van der Waals surface area contributed by atoms with Crippen LogP contribution < -0.4 is 0 Å². The minimum atomic E-state index is 0.455. The van der Waals surface area contributed by atoms with Crippen molar-refractivity contribution in [3.05, 3.63) is 12.0 Å². The highest BCUT2D eigenvalue weighted by atomic mass is 16.5. The van der Waals surface area contributed by atoms with Crippen LogP contribution in [0.1, 0.15) is 33.6 Å². The molecule has 108 valence electrons. The molecular formula is C15H28N3O+. The van der Waals surface area contributed by atoms with Crippen LogP contribution in [0.5, 0.6) is 0 Å². The van der Waals surface area contributed by atoms with Gasteiger partial charge < -0.3 is 4.74 Å². The van der Waals surface area contributed by atoms with Gasteiger partial charge in [0, 0.05) is 5.92 Å². The summed E-state index contributed by atoms with van der Waals surface area (Å²) in [6, 6.07) is 0.629. The van der Waals surface area contributed by atoms with Crippen LogP contribution >= 0.6 is 0 Å². The average Bonchev–Trinajstić information content (AvgIpc) is 2.93. The minimum absolute atomic E-state index is 0.455. The van der Waals surface area contributed by atoms with Gasteiger partial charge >= 0.3 is 5.88 Å². The van der Waals surface area contributed by atoms with Crippen LogP contribution in [0.15, 0.2) is 17.1 Å². The Hall–Kier alpha value is -0.870. The molecule has 0 aromatic carbocycles. The van der Waals surface area contributed by atoms with E-state index in [0.29, 0.717) is 16.6 Å². The van der Waals surface area contributed by atoms with E-state index >= 15 is 0 Å². The molecule has 2 aliphatic rings. The van der Waals surface area contributed by atoms with Gasteiger partial charge in [-0.3, -0.25) is 4.90 Å². The van der Waals surface area contributed by atoms with Gasteiger partial charge in [-0.2, -0.15) is 0 Å². The third-order valence-corrected chi connectivity index (χ3v) is 4.35. The maximum Gasteiger partial charge on any atom is 0.320 e. The lowest BCUT2D eigenvalue weighted by Gasteiger charge is -2.31. The molecule has 19 heavy (non-hydrogen) atoms. The lowest BCUT2D eigenvalue weighted by atomic mass is 10.1. The summed E-state index contributed by atoms with van der Waals surface area (Å²) in [5.74, 6) is 1.43. The van der Waals surface area contributed by atoms with E-state index in [0.717, 1.165) is 24.7 Å². The first-order valence-electron chi connectivity index (χ1n) is 7.46. The van der Waals surface area contributed by atoms with Crippen LogP contribution in [0.2, 0.25) is 0 Å². The Balaban J connectivity index is 2.15. The summed E-state index contributed by atoms with van der Waals surface area (Å²) in [5.41, 5.74) is 1.15. The van der Waals surface area contributed by atoms with Gasteiger partial charge in [-0.1, -0.05) is 25.9 Å². The fourth-order valence-corrected chi connectivity index (χ4v) is 3.20. The van der Waals surface area contributed by atoms with E-state index in [9.17, 15) is 0 Å². The highest BCUT2D eigenvalue weighted by Gasteiger charge is 2.41. The van der Waals surface area contributed by atoms with Crippen LogP contribution in [0, 0.1) is 5.92 Å². The number of likely N-dealkylation sites (N-methyl/N-ethyl adjacent to an activating group) is 2. The van der Waals surface area contributed by atoms with Gasteiger partial charge in [-0.15, -0.1) is 4.59 Å². The van der Waals surface area contributed by atoms with Gasteiger partial charge in [0.25, 0.3) is 0 Å². The number of quaternary nitrogens is 1. The lowest BCUT2D eigenvalue weighted by Crippen LogP contribution is -2.47. The van der Waals surface area contributed by atoms with E-state index < -0.39 is 0 Å². The first kappa shape index (κ1) is 14.5. The molecular weight excluding hydrogens is 238 g/mol. The number of nitrogens with zero attached hydrogens (tertiary/aromatic N) is 3. The monoisotopic (exact) mass is 266 g/mol. The molecule has 4 heteroatoms. The topological polar surface area (TPSA) is 24.8 Å². The van der Waals surface area contributed by atoms with Crippen molar-refractivity contribution in [1.82, 2.24) is 4.90 Å². The second-order valence-electron chi connectivity index (χ2n) is 6.11. The second-order valence-corrected chi connectivity index (χ2v) is 6.11. The summed E-state index contributed by atoms with van der Waals surface area (Å²) in [4.78, 5) is 2.57. The van der Waals surface area contributed by atoms with E-state index in [4.69, 9.17) is 9.84 Å². The molecule has 0 aliphatic carbocycles. The van der Waals surface area contributed by atoms with Crippen molar-refractivity contribution in [3.63, 3.8) is 0 Å². The molecule has 0 aromatic heterocycles. The normalized spacial score (nSPS) is 31.8. The van der Waals surface area contributed by atoms with Gasteiger partial charge in [0.1, 0.15) is 19.3 Å². The number of ether oxygens (including phenoxy) is 1. The molecule has 0 bridgehead atoms. The van der Waals surface area contributed by atoms with Crippen molar-refractivity contribution in [2.24, 2.45) is 11.0 Å². The molecule has 1 saturated heterocycles. The number of likely N-dealkylation sites (tertiary alicyclic amines) is 1.